The van der Waals surface area contributed by atoms with Crippen molar-refractivity contribution in [3.05, 3.63) is 47.8 Å². The van der Waals surface area contributed by atoms with Crippen LogP contribution in [-0.4, -0.2) is 51.4 Å². The van der Waals surface area contributed by atoms with Gasteiger partial charge in [0, 0.05) is 11.1 Å². The fourth-order valence-corrected chi connectivity index (χ4v) is 4.45. The molecule has 44 heavy (non-hydrogen) atoms. The van der Waals surface area contributed by atoms with Crippen molar-refractivity contribution >= 4 is 32.1 Å². The van der Waals surface area contributed by atoms with Gasteiger partial charge in [-0.25, -0.2) is 4.39 Å². The number of halogens is 10. The van der Waals surface area contributed by atoms with Crippen molar-refractivity contribution in [1.29, 1.82) is 0 Å². The molecule has 1 aliphatic rings. The Labute approximate surface area is 240 Å². The van der Waals surface area contributed by atoms with E-state index in [4.69, 9.17) is 0 Å². The molecule has 10 nitrogen and oxygen atoms in total. The number of alkyl halides is 9. The molecule has 1 saturated carbocycles. The third-order valence-corrected chi connectivity index (χ3v) is 7.78. The van der Waals surface area contributed by atoms with Gasteiger partial charge in [0.05, 0.1) is 6.04 Å². The molecule has 2 aromatic carbocycles. The van der Waals surface area contributed by atoms with Crippen LogP contribution in [0.3, 0.4) is 0 Å². The van der Waals surface area contributed by atoms with E-state index < -0.39 is 94.8 Å². The topological polar surface area (TPSA) is 145 Å². The van der Waals surface area contributed by atoms with Gasteiger partial charge in [-0.2, -0.15) is 56.3 Å². The van der Waals surface area contributed by atoms with Gasteiger partial charge in [-0.1, -0.05) is 24.3 Å². The Morgan fingerprint density at radius 2 is 1.41 bits per heavy atom. The highest BCUT2D eigenvalue weighted by Gasteiger charge is 2.55. The summed E-state index contributed by atoms with van der Waals surface area (Å²) in [6.45, 7) is 1.15. The van der Waals surface area contributed by atoms with E-state index in [0.29, 0.717) is 24.3 Å². The molecule has 244 valence electrons. The maximum atomic E-state index is 15.1. The fraction of sp³-hybridized carbons (Fsp3) is 0.364. The summed E-state index contributed by atoms with van der Waals surface area (Å²) in [4.78, 5) is 23.8. The second-order valence-electron chi connectivity index (χ2n) is 9.06. The lowest BCUT2D eigenvalue weighted by Gasteiger charge is -2.22. The molecule has 0 radical (unpaired) electrons. The van der Waals surface area contributed by atoms with E-state index in [9.17, 15) is 65.9 Å². The van der Waals surface area contributed by atoms with Crippen LogP contribution >= 0.6 is 0 Å². The van der Waals surface area contributed by atoms with Crippen LogP contribution in [0, 0.1) is 5.82 Å². The molecule has 1 aliphatic carbocycles. The fourth-order valence-electron chi connectivity index (χ4n) is 3.50. The van der Waals surface area contributed by atoms with Gasteiger partial charge < -0.3 is 19.0 Å². The smallest absolute Gasteiger partial charge is 0.372 e. The molecule has 1 fully saturated rings. The number of carbonyl (C=O) groups is 2. The van der Waals surface area contributed by atoms with E-state index in [1.807, 2.05) is 0 Å². The third kappa shape index (κ3) is 7.27. The molecular formula is C22H16F10N2O8S2. The average molecular weight is 690 g/mol. The van der Waals surface area contributed by atoms with Gasteiger partial charge in [0.2, 0.25) is 5.91 Å². The molecule has 2 N–H and O–H groups in total. The molecule has 0 bridgehead atoms. The van der Waals surface area contributed by atoms with Crippen LogP contribution < -0.4 is 19.0 Å². The van der Waals surface area contributed by atoms with Crippen LogP contribution in [0.2, 0.25) is 0 Å². The Hall–Kier alpha value is -3.82. The van der Waals surface area contributed by atoms with Gasteiger partial charge in [-0.3, -0.25) is 9.59 Å². The van der Waals surface area contributed by atoms with E-state index in [1.54, 1.807) is 0 Å². The Bertz CT molecular complexity index is 1680. The van der Waals surface area contributed by atoms with Crippen molar-refractivity contribution < 1.29 is 78.7 Å². The first-order valence-corrected chi connectivity index (χ1v) is 14.3. The van der Waals surface area contributed by atoms with Gasteiger partial charge in [0.15, 0.2) is 11.5 Å². The second-order valence-corrected chi connectivity index (χ2v) is 12.1. The molecule has 0 spiro atoms. The molecule has 0 unspecified atom stereocenters. The minimum atomic E-state index is -6.66. The Balaban J connectivity index is 1.99. The normalized spacial score (nSPS) is 16.1. The number of carbonyl (C=O) groups excluding carboxylic acids is 2. The number of para-hydroxylation sites is 1. The van der Waals surface area contributed by atoms with E-state index in [-0.39, 0.29) is 12.8 Å². The number of hydrogen-bond donors (Lipinski definition) is 2. The summed E-state index contributed by atoms with van der Waals surface area (Å²) in [6.07, 6.45) is -5.66. The van der Waals surface area contributed by atoms with Crippen molar-refractivity contribution in [2.24, 2.45) is 0 Å². The zero-order valence-electron chi connectivity index (χ0n) is 21.3. The lowest BCUT2D eigenvalue weighted by Crippen LogP contribution is -2.53. The predicted octanol–water partition coefficient (Wildman–Crippen LogP) is 4.34. The van der Waals surface area contributed by atoms with Crippen LogP contribution in [0.5, 0.6) is 11.5 Å². The molecule has 2 amide bonds. The summed E-state index contributed by atoms with van der Waals surface area (Å²) in [5.74, 6) is -8.20. The van der Waals surface area contributed by atoms with Crippen LogP contribution in [-0.2, 0) is 29.8 Å². The summed E-state index contributed by atoms with van der Waals surface area (Å²) in [5.41, 5.74) is -16.1. The molecule has 22 heteroatoms. The van der Waals surface area contributed by atoms with Crippen LogP contribution in [0.1, 0.15) is 31.4 Å². The van der Waals surface area contributed by atoms with Crippen LogP contribution in [0.25, 0.3) is 11.1 Å². The first-order chi connectivity index (χ1) is 19.8. The molecule has 1 atom stereocenters. The number of rotatable bonds is 9. The largest absolute Gasteiger partial charge is 0.534 e. The minimum absolute atomic E-state index is 0.180. The highest BCUT2D eigenvalue weighted by atomic mass is 32.2. The van der Waals surface area contributed by atoms with Crippen molar-refractivity contribution in [3.63, 3.8) is 0 Å². The first kappa shape index (κ1) is 34.7. The minimum Gasteiger partial charge on any atom is -0.372 e. The maximum Gasteiger partial charge on any atom is 0.534 e. The SMILES string of the molecule is C[C@@H](NC(=O)C1(NC(=O)C(F)(F)F)CC1)c1ccc(-c2cccc(OS(=O)(=O)C(F)(F)F)c2OS(=O)(=O)C(F)(F)F)cc1F. The van der Waals surface area contributed by atoms with E-state index >= 15 is 4.39 Å². The predicted molar refractivity (Wildman–Crippen MR) is 126 cm³/mol. The molecule has 0 saturated heterocycles. The number of hydrogen-bond acceptors (Lipinski definition) is 8. The summed E-state index contributed by atoms with van der Waals surface area (Å²) in [7, 11) is -13.2. The van der Waals surface area contributed by atoms with E-state index in [0.717, 1.165) is 19.1 Å². The van der Waals surface area contributed by atoms with Crippen molar-refractivity contribution in [1.82, 2.24) is 10.6 Å². The summed E-state index contributed by atoms with van der Waals surface area (Å²) in [6, 6.07) is 2.61. The Morgan fingerprint density at radius 1 is 0.864 bits per heavy atom. The summed E-state index contributed by atoms with van der Waals surface area (Å²) in [5, 5.41) is 3.72. The van der Waals surface area contributed by atoms with Gasteiger partial charge in [0.1, 0.15) is 11.4 Å². The monoisotopic (exact) mass is 690 g/mol. The van der Waals surface area contributed by atoms with Crippen molar-refractivity contribution in [3.8, 4) is 22.6 Å². The Morgan fingerprint density at radius 3 is 1.89 bits per heavy atom. The van der Waals surface area contributed by atoms with Gasteiger partial charge in [0.25, 0.3) is 0 Å². The zero-order valence-corrected chi connectivity index (χ0v) is 23.0. The quantitative estimate of drug-likeness (QED) is 0.225. The van der Waals surface area contributed by atoms with Gasteiger partial charge in [-0.05, 0) is 37.5 Å². The average Bonchev–Trinajstić information content (AvgIpc) is 3.63. The zero-order chi connectivity index (χ0) is 33.7. The van der Waals surface area contributed by atoms with Gasteiger partial charge in [-0.15, -0.1) is 0 Å². The first-order valence-electron chi connectivity index (χ1n) is 11.5. The lowest BCUT2D eigenvalue weighted by molar-refractivity contribution is -0.175. The van der Waals surface area contributed by atoms with Crippen LogP contribution in [0.4, 0.5) is 43.9 Å². The van der Waals surface area contributed by atoms with Crippen molar-refractivity contribution in [2.45, 2.75) is 48.5 Å². The molecule has 0 aromatic heterocycles. The summed E-state index contributed by atoms with van der Waals surface area (Å²) >= 11 is 0. The summed E-state index contributed by atoms with van der Waals surface area (Å²) < 4.78 is 184. The lowest BCUT2D eigenvalue weighted by atomic mass is 9.99. The van der Waals surface area contributed by atoms with E-state index in [1.165, 1.54) is 5.32 Å². The third-order valence-electron chi connectivity index (χ3n) is 5.86. The maximum absolute atomic E-state index is 15.1. The second kappa shape index (κ2) is 11.3. The molecule has 0 heterocycles. The van der Waals surface area contributed by atoms with Gasteiger partial charge >= 0.3 is 43.3 Å². The number of benzene rings is 2. The van der Waals surface area contributed by atoms with Crippen molar-refractivity contribution in [2.75, 3.05) is 0 Å². The number of nitrogens with one attached hydrogen (secondary N) is 2. The highest BCUT2D eigenvalue weighted by Crippen LogP contribution is 2.44. The highest BCUT2D eigenvalue weighted by molar-refractivity contribution is 7.88. The standard InChI is InChI=1S/C22H16F10N2O8S2/c1-10(33-17(35)19(7-8-19)34-18(36)20(24,25)26)12-6-5-11(9-14(12)23)13-3-2-4-15(41-43(37,38)21(27,28)29)16(13)42-44(39,40)22(30,31)32/h2-6,9-10H,7-8H2,1H3,(H,33,35)(H,34,36)/t10-/m1/s1. The Kier molecular flexibility index (Phi) is 8.88. The van der Waals surface area contributed by atoms with Crippen LogP contribution in [0.15, 0.2) is 36.4 Å². The van der Waals surface area contributed by atoms with E-state index in [2.05, 4.69) is 13.7 Å². The molecular weight excluding hydrogens is 674 g/mol. The number of amides is 2. The molecule has 3 rings (SSSR count). The molecule has 2 aromatic rings. The molecule has 0 aliphatic heterocycles.